The van der Waals surface area contributed by atoms with Crippen LogP contribution in [0.25, 0.3) is 0 Å². The molecule has 1 aliphatic rings. The average molecular weight is 468 g/mol. The number of carbonyl (C=O) groups is 2. The van der Waals surface area contributed by atoms with E-state index in [1.807, 2.05) is 50.2 Å². The van der Waals surface area contributed by atoms with E-state index in [4.69, 9.17) is 14.2 Å². The molecule has 0 spiro atoms. The monoisotopic (exact) mass is 467 g/mol. The van der Waals surface area contributed by atoms with Crippen LogP contribution in [0.3, 0.4) is 0 Å². The fourth-order valence-electron chi connectivity index (χ4n) is 3.99. The Morgan fingerprint density at radius 2 is 1.82 bits per heavy atom. The molecule has 3 rings (SSSR count). The first-order valence-electron chi connectivity index (χ1n) is 11.3. The average Bonchev–Trinajstić information content (AvgIpc) is 2.82. The topological polar surface area (TPSA) is 97.9 Å². The van der Waals surface area contributed by atoms with E-state index in [2.05, 4.69) is 16.0 Å². The van der Waals surface area contributed by atoms with E-state index in [0.717, 1.165) is 28.7 Å². The molecule has 34 heavy (non-hydrogen) atoms. The van der Waals surface area contributed by atoms with E-state index >= 15 is 0 Å². The molecule has 0 aliphatic carbocycles. The molecule has 0 saturated carbocycles. The van der Waals surface area contributed by atoms with Gasteiger partial charge in [0.1, 0.15) is 0 Å². The summed E-state index contributed by atoms with van der Waals surface area (Å²) in [6.45, 7) is 6.91. The van der Waals surface area contributed by atoms with Crippen LogP contribution in [0.5, 0.6) is 11.5 Å². The van der Waals surface area contributed by atoms with Gasteiger partial charge in [-0.1, -0.05) is 29.8 Å². The van der Waals surface area contributed by atoms with Crippen molar-refractivity contribution in [2.24, 2.45) is 0 Å². The molecule has 1 atom stereocenters. The quantitative estimate of drug-likeness (QED) is 0.366. The van der Waals surface area contributed by atoms with Gasteiger partial charge in [0.2, 0.25) is 0 Å². The number of rotatable bonds is 10. The maximum atomic E-state index is 13.0. The van der Waals surface area contributed by atoms with Crippen molar-refractivity contribution in [1.29, 1.82) is 0 Å². The minimum atomic E-state index is -0.588. The van der Waals surface area contributed by atoms with Crippen molar-refractivity contribution in [3.8, 4) is 11.5 Å². The Balaban J connectivity index is 1.80. The largest absolute Gasteiger partial charge is 0.493 e. The van der Waals surface area contributed by atoms with E-state index in [0.29, 0.717) is 35.9 Å². The summed E-state index contributed by atoms with van der Waals surface area (Å²) in [6, 6.07) is 10.8. The minimum absolute atomic E-state index is 0.246. The Morgan fingerprint density at radius 1 is 1.06 bits per heavy atom. The molecule has 8 heteroatoms. The highest BCUT2D eigenvalue weighted by molar-refractivity contribution is 5.95. The molecule has 8 nitrogen and oxygen atoms in total. The second-order valence-electron chi connectivity index (χ2n) is 8.12. The molecular formula is C26H33N3O5. The number of hydrogen-bond acceptors (Lipinski definition) is 6. The summed E-state index contributed by atoms with van der Waals surface area (Å²) in [5, 5.41) is 9.03. The summed E-state index contributed by atoms with van der Waals surface area (Å²) < 4.78 is 16.0. The summed E-state index contributed by atoms with van der Waals surface area (Å²) in [6.07, 6.45) is 0.731. The third kappa shape index (κ3) is 5.88. The standard InChI is InChI=1S/C26H33N3O5/c1-6-34-25(30)23-20(15-27-12-11-18-9-10-21(32-4)22(14-18)33-5)28-26(31)29-24(23)19-13-16(2)7-8-17(19)3/h7-10,13-14,24,27H,6,11-12,15H2,1-5H3,(H2,28,29,31)/t24-/m0/s1. The number of amides is 2. The number of aryl methyl sites for hydroxylation is 2. The van der Waals surface area contributed by atoms with Gasteiger partial charge >= 0.3 is 12.0 Å². The van der Waals surface area contributed by atoms with Crippen LogP contribution in [0, 0.1) is 13.8 Å². The first-order chi connectivity index (χ1) is 16.4. The summed E-state index contributed by atoms with van der Waals surface area (Å²) in [7, 11) is 3.21. The zero-order chi connectivity index (χ0) is 24.7. The van der Waals surface area contributed by atoms with Crippen LogP contribution in [-0.4, -0.2) is 45.9 Å². The van der Waals surface area contributed by atoms with E-state index in [-0.39, 0.29) is 12.6 Å². The van der Waals surface area contributed by atoms with Crippen LogP contribution in [-0.2, 0) is 16.0 Å². The van der Waals surface area contributed by atoms with Crippen molar-refractivity contribution in [2.75, 3.05) is 33.9 Å². The van der Waals surface area contributed by atoms with E-state index in [1.165, 1.54) is 0 Å². The highest BCUT2D eigenvalue weighted by Gasteiger charge is 2.34. The van der Waals surface area contributed by atoms with Crippen molar-refractivity contribution in [2.45, 2.75) is 33.2 Å². The van der Waals surface area contributed by atoms with Crippen LogP contribution in [0.4, 0.5) is 4.79 Å². The van der Waals surface area contributed by atoms with Gasteiger partial charge in [-0.05, 0) is 62.6 Å². The number of hydrogen-bond donors (Lipinski definition) is 3. The van der Waals surface area contributed by atoms with Gasteiger partial charge in [0, 0.05) is 12.2 Å². The molecular weight excluding hydrogens is 434 g/mol. The molecule has 1 aliphatic heterocycles. The first kappa shape index (κ1) is 25.1. The van der Waals surface area contributed by atoms with Crippen molar-refractivity contribution < 1.29 is 23.8 Å². The second kappa shape index (κ2) is 11.6. The van der Waals surface area contributed by atoms with Crippen molar-refractivity contribution >= 4 is 12.0 Å². The molecule has 0 saturated heterocycles. The lowest BCUT2D eigenvalue weighted by atomic mass is 9.91. The summed E-state index contributed by atoms with van der Waals surface area (Å²) >= 11 is 0. The molecule has 2 aromatic carbocycles. The number of ether oxygens (including phenoxy) is 3. The molecule has 182 valence electrons. The molecule has 0 bridgehead atoms. The lowest BCUT2D eigenvalue weighted by molar-refractivity contribution is -0.139. The zero-order valence-corrected chi connectivity index (χ0v) is 20.4. The number of urea groups is 1. The Kier molecular flexibility index (Phi) is 8.54. The Hall–Kier alpha value is -3.52. The normalized spacial score (nSPS) is 15.4. The zero-order valence-electron chi connectivity index (χ0n) is 20.4. The van der Waals surface area contributed by atoms with Gasteiger partial charge in [-0.15, -0.1) is 0 Å². The number of carbonyl (C=O) groups excluding carboxylic acids is 2. The molecule has 2 aromatic rings. The fraction of sp³-hybridized carbons (Fsp3) is 0.385. The van der Waals surface area contributed by atoms with Crippen molar-refractivity contribution in [3.05, 3.63) is 69.9 Å². The highest BCUT2D eigenvalue weighted by atomic mass is 16.5. The Bertz CT molecular complexity index is 1080. The van der Waals surface area contributed by atoms with Crippen LogP contribution < -0.4 is 25.4 Å². The van der Waals surface area contributed by atoms with Gasteiger partial charge < -0.3 is 30.2 Å². The van der Waals surface area contributed by atoms with E-state index in [9.17, 15) is 9.59 Å². The second-order valence-corrected chi connectivity index (χ2v) is 8.12. The third-order valence-corrected chi connectivity index (χ3v) is 5.73. The van der Waals surface area contributed by atoms with Crippen molar-refractivity contribution in [1.82, 2.24) is 16.0 Å². The Labute approximate surface area is 200 Å². The van der Waals surface area contributed by atoms with E-state index in [1.54, 1.807) is 21.1 Å². The molecule has 0 radical (unpaired) electrons. The van der Waals surface area contributed by atoms with Crippen LogP contribution in [0.1, 0.15) is 35.2 Å². The smallest absolute Gasteiger partial charge is 0.338 e. The summed E-state index contributed by atoms with van der Waals surface area (Å²) in [4.78, 5) is 25.5. The number of benzene rings is 2. The minimum Gasteiger partial charge on any atom is -0.493 e. The van der Waals surface area contributed by atoms with Gasteiger partial charge in [0.05, 0.1) is 32.4 Å². The molecule has 0 aromatic heterocycles. The van der Waals surface area contributed by atoms with E-state index < -0.39 is 12.0 Å². The maximum Gasteiger partial charge on any atom is 0.338 e. The molecule has 0 unspecified atom stereocenters. The lowest BCUT2D eigenvalue weighted by Gasteiger charge is -2.30. The van der Waals surface area contributed by atoms with Crippen molar-refractivity contribution in [3.63, 3.8) is 0 Å². The molecule has 0 fully saturated rings. The summed E-state index contributed by atoms with van der Waals surface area (Å²) in [5.41, 5.74) is 4.91. The summed E-state index contributed by atoms with van der Waals surface area (Å²) in [5.74, 6) is 0.908. The first-order valence-corrected chi connectivity index (χ1v) is 11.3. The number of methoxy groups -OCH3 is 2. The Morgan fingerprint density at radius 3 is 2.53 bits per heavy atom. The highest BCUT2D eigenvalue weighted by Crippen LogP contribution is 2.31. The van der Waals surface area contributed by atoms with Crippen LogP contribution >= 0.6 is 0 Å². The fourth-order valence-corrected chi connectivity index (χ4v) is 3.99. The molecule has 1 heterocycles. The molecule has 3 N–H and O–H groups in total. The SMILES string of the molecule is CCOC(=O)C1=C(CNCCc2ccc(OC)c(OC)c2)NC(=O)N[C@H]1c1cc(C)ccc1C. The maximum absolute atomic E-state index is 13.0. The predicted molar refractivity (Wildman–Crippen MR) is 130 cm³/mol. The lowest BCUT2D eigenvalue weighted by Crippen LogP contribution is -2.48. The number of esters is 1. The van der Waals surface area contributed by atoms with Gasteiger partial charge in [-0.3, -0.25) is 0 Å². The van der Waals surface area contributed by atoms with Gasteiger partial charge in [-0.25, -0.2) is 9.59 Å². The van der Waals surface area contributed by atoms with Gasteiger partial charge in [-0.2, -0.15) is 0 Å². The van der Waals surface area contributed by atoms with Crippen LogP contribution in [0.2, 0.25) is 0 Å². The number of nitrogens with one attached hydrogen (secondary N) is 3. The van der Waals surface area contributed by atoms with Gasteiger partial charge in [0.25, 0.3) is 0 Å². The van der Waals surface area contributed by atoms with Crippen LogP contribution in [0.15, 0.2) is 47.7 Å². The van der Waals surface area contributed by atoms with Gasteiger partial charge in [0.15, 0.2) is 11.5 Å². The third-order valence-electron chi connectivity index (χ3n) is 5.73. The molecule has 2 amide bonds. The predicted octanol–water partition coefficient (Wildman–Crippen LogP) is 3.32.